The summed E-state index contributed by atoms with van der Waals surface area (Å²) in [5, 5.41) is 0. The molecule has 27 heavy (non-hydrogen) atoms. The van der Waals surface area contributed by atoms with Crippen molar-refractivity contribution in [3.05, 3.63) is 58.3 Å². The monoisotopic (exact) mass is 451 g/mol. The second kappa shape index (κ2) is 7.87. The summed E-state index contributed by atoms with van der Waals surface area (Å²) in [5.74, 6) is -0.371. The van der Waals surface area contributed by atoms with Gasteiger partial charge >= 0.3 is 0 Å². The molecule has 2 aromatic rings. The molecule has 7 nitrogen and oxygen atoms in total. The fourth-order valence-electron chi connectivity index (χ4n) is 2.87. The summed E-state index contributed by atoms with van der Waals surface area (Å²) in [7, 11) is -3.72. The first kappa shape index (κ1) is 19.7. The van der Waals surface area contributed by atoms with Crippen LogP contribution in [0.1, 0.15) is 27.6 Å². The van der Waals surface area contributed by atoms with Gasteiger partial charge in [0.05, 0.1) is 10.5 Å². The first-order chi connectivity index (χ1) is 12.8. The van der Waals surface area contributed by atoms with Gasteiger partial charge in [-0.05, 0) is 41.1 Å². The Labute approximate surface area is 166 Å². The number of carbonyl (C=O) groups excluding carboxylic acids is 2. The summed E-state index contributed by atoms with van der Waals surface area (Å²) < 4.78 is 27.7. The lowest BCUT2D eigenvalue weighted by Crippen LogP contribution is -2.50. The van der Waals surface area contributed by atoms with Crippen LogP contribution in [0, 0.1) is 0 Å². The summed E-state index contributed by atoms with van der Waals surface area (Å²) in [6.07, 6.45) is 3.08. The van der Waals surface area contributed by atoms with Crippen molar-refractivity contribution in [3.63, 3.8) is 0 Å². The van der Waals surface area contributed by atoms with Crippen LogP contribution in [-0.4, -0.2) is 60.5 Å². The van der Waals surface area contributed by atoms with Gasteiger partial charge in [0.2, 0.25) is 10.0 Å². The number of nitrogens with zero attached hydrogens (tertiary/aromatic N) is 3. The summed E-state index contributed by atoms with van der Waals surface area (Å²) in [4.78, 5) is 29.8. The number of sulfonamides is 1. The third-order valence-corrected chi connectivity index (χ3v) is 6.68. The van der Waals surface area contributed by atoms with Crippen LogP contribution in [0.25, 0.3) is 0 Å². The number of rotatable bonds is 4. The Morgan fingerprint density at radius 2 is 1.74 bits per heavy atom. The molecule has 3 rings (SSSR count). The molecule has 0 saturated carbocycles. The Morgan fingerprint density at radius 3 is 2.37 bits per heavy atom. The van der Waals surface area contributed by atoms with Gasteiger partial charge in [0.1, 0.15) is 0 Å². The van der Waals surface area contributed by atoms with Crippen molar-refractivity contribution in [2.45, 2.75) is 11.8 Å². The zero-order chi connectivity index (χ0) is 19.6. The molecule has 1 saturated heterocycles. The van der Waals surface area contributed by atoms with Gasteiger partial charge < -0.3 is 4.90 Å². The maximum Gasteiger partial charge on any atom is 0.255 e. The van der Waals surface area contributed by atoms with Gasteiger partial charge in [-0.3, -0.25) is 14.6 Å². The molecule has 0 aliphatic carbocycles. The van der Waals surface area contributed by atoms with Crippen LogP contribution >= 0.6 is 15.9 Å². The molecular weight excluding hydrogens is 434 g/mol. The van der Waals surface area contributed by atoms with Crippen molar-refractivity contribution in [2.24, 2.45) is 0 Å². The number of pyridine rings is 1. The summed E-state index contributed by atoms with van der Waals surface area (Å²) >= 11 is 3.29. The molecular formula is C18H18BrN3O4S. The van der Waals surface area contributed by atoms with Crippen LogP contribution < -0.4 is 0 Å². The van der Waals surface area contributed by atoms with Crippen LogP contribution in [-0.2, 0) is 10.0 Å². The van der Waals surface area contributed by atoms with Crippen molar-refractivity contribution in [2.75, 3.05) is 26.2 Å². The standard InChI is InChI=1S/C18H18BrN3O4S/c1-13(23)14-3-2-4-17(10-14)27(25,26)22-7-5-21(6-8-22)18(24)15-9-16(19)12-20-11-15/h2-4,9-12H,5-8H2,1H3. The number of hydrogen-bond acceptors (Lipinski definition) is 5. The summed E-state index contributed by atoms with van der Waals surface area (Å²) in [5.41, 5.74) is 0.807. The molecule has 0 bridgehead atoms. The molecule has 2 heterocycles. The minimum Gasteiger partial charge on any atom is -0.336 e. The Bertz CT molecular complexity index is 986. The normalized spacial score (nSPS) is 15.6. The highest BCUT2D eigenvalue weighted by atomic mass is 79.9. The molecule has 1 fully saturated rings. The highest BCUT2D eigenvalue weighted by Gasteiger charge is 2.30. The molecule has 0 spiro atoms. The fourth-order valence-corrected chi connectivity index (χ4v) is 4.70. The van der Waals surface area contributed by atoms with Crippen LogP contribution in [0.15, 0.2) is 52.1 Å². The van der Waals surface area contributed by atoms with E-state index in [0.717, 1.165) is 0 Å². The predicted molar refractivity (Wildman–Crippen MR) is 103 cm³/mol. The van der Waals surface area contributed by atoms with E-state index in [4.69, 9.17) is 0 Å². The second-order valence-corrected chi connectivity index (χ2v) is 9.03. The number of benzene rings is 1. The number of ketones is 1. The van der Waals surface area contributed by atoms with E-state index in [2.05, 4.69) is 20.9 Å². The molecule has 1 aromatic heterocycles. The maximum atomic E-state index is 12.8. The average molecular weight is 452 g/mol. The van der Waals surface area contributed by atoms with Gasteiger partial charge in [-0.15, -0.1) is 0 Å². The minimum atomic E-state index is -3.72. The number of Topliss-reactive ketones (excluding diaryl/α,β-unsaturated/α-hetero) is 1. The van der Waals surface area contributed by atoms with Crippen LogP contribution in [0.5, 0.6) is 0 Å². The lowest BCUT2D eigenvalue weighted by atomic mass is 10.2. The molecule has 0 unspecified atom stereocenters. The van der Waals surface area contributed by atoms with Gasteiger partial charge in [0.15, 0.2) is 5.78 Å². The number of carbonyl (C=O) groups is 2. The second-order valence-electron chi connectivity index (χ2n) is 6.17. The lowest BCUT2D eigenvalue weighted by Gasteiger charge is -2.34. The minimum absolute atomic E-state index is 0.0890. The van der Waals surface area contributed by atoms with Crippen molar-refractivity contribution < 1.29 is 18.0 Å². The third kappa shape index (κ3) is 4.26. The predicted octanol–water partition coefficient (Wildman–Crippen LogP) is 2.19. The van der Waals surface area contributed by atoms with Gasteiger partial charge in [-0.2, -0.15) is 4.31 Å². The van der Waals surface area contributed by atoms with E-state index in [1.807, 2.05) is 0 Å². The van der Waals surface area contributed by atoms with Crippen molar-refractivity contribution in [1.82, 2.24) is 14.2 Å². The molecule has 1 aliphatic rings. The van der Waals surface area contributed by atoms with Crippen molar-refractivity contribution >= 4 is 37.6 Å². The Hall–Kier alpha value is -2.10. The zero-order valence-electron chi connectivity index (χ0n) is 14.6. The number of halogens is 1. The number of piperazine rings is 1. The molecule has 1 aromatic carbocycles. The van der Waals surface area contributed by atoms with E-state index < -0.39 is 10.0 Å². The summed E-state index contributed by atoms with van der Waals surface area (Å²) in [6, 6.07) is 7.70. The van der Waals surface area contributed by atoms with E-state index in [0.29, 0.717) is 15.6 Å². The number of hydrogen-bond donors (Lipinski definition) is 0. The summed E-state index contributed by atoms with van der Waals surface area (Å²) in [6.45, 7) is 2.36. The van der Waals surface area contributed by atoms with E-state index in [-0.39, 0.29) is 42.8 Å². The SMILES string of the molecule is CC(=O)c1cccc(S(=O)(=O)N2CCN(C(=O)c3cncc(Br)c3)CC2)c1. The van der Waals surface area contributed by atoms with Crippen molar-refractivity contribution in [3.8, 4) is 0 Å². The largest absolute Gasteiger partial charge is 0.336 e. The fraction of sp³-hybridized carbons (Fsp3) is 0.278. The lowest BCUT2D eigenvalue weighted by molar-refractivity contribution is 0.0697. The number of amides is 1. The molecule has 142 valence electrons. The van der Waals surface area contributed by atoms with Crippen LogP contribution in [0.2, 0.25) is 0 Å². The molecule has 0 radical (unpaired) electrons. The first-order valence-corrected chi connectivity index (χ1v) is 10.5. The zero-order valence-corrected chi connectivity index (χ0v) is 17.0. The van der Waals surface area contributed by atoms with Gasteiger partial charge in [0.25, 0.3) is 5.91 Å². The van der Waals surface area contributed by atoms with Gasteiger partial charge in [-0.25, -0.2) is 8.42 Å². The van der Waals surface area contributed by atoms with Crippen molar-refractivity contribution in [1.29, 1.82) is 0 Å². The third-order valence-electron chi connectivity index (χ3n) is 4.36. The highest BCUT2D eigenvalue weighted by Crippen LogP contribution is 2.20. The first-order valence-electron chi connectivity index (χ1n) is 8.30. The maximum absolute atomic E-state index is 12.8. The molecule has 9 heteroatoms. The smallest absolute Gasteiger partial charge is 0.255 e. The van der Waals surface area contributed by atoms with E-state index in [9.17, 15) is 18.0 Å². The quantitative estimate of drug-likeness (QED) is 0.664. The van der Waals surface area contributed by atoms with Crippen LogP contribution in [0.4, 0.5) is 0 Å². The van der Waals surface area contributed by atoms with E-state index >= 15 is 0 Å². The number of aromatic nitrogens is 1. The van der Waals surface area contributed by atoms with E-state index in [1.165, 1.54) is 29.6 Å². The molecule has 1 aliphatic heterocycles. The molecule has 0 N–H and O–H groups in total. The van der Waals surface area contributed by atoms with Crippen LogP contribution in [0.3, 0.4) is 0 Å². The average Bonchev–Trinajstić information content (AvgIpc) is 2.67. The highest BCUT2D eigenvalue weighted by molar-refractivity contribution is 9.10. The van der Waals surface area contributed by atoms with Gasteiger partial charge in [-0.1, -0.05) is 12.1 Å². The molecule has 1 amide bonds. The van der Waals surface area contributed by atoms with Gasteiger partial charge in [0, 0.05) is 48.6 Å². The Balaban J connectivity index is 1.72. The Kier molecular flexibility index (Phi) is 5.73. The molecule has 0 atom stereocenters. The van der Waals surface area contributed by atoms with E-state index in [1.54, 1.807) is 29.3 Å². The topological polar surface area (TPSA) is 87.7 Å². The Morgan fingerprint density at radius 1 is 1.04 bits per heavy atom.